The van der Waals surface area contributed by atoms with Crippen molar-refractivity contribution in [2.75, 3.05) is 7.11 Å². The van der Waals surface area contributed by atoms with Gasteiger partial charge in [0.25, 0.3) is 0 Å². The molecule has 3 nitrogen and oxygen atoms in total. The summed E-state index contributed by atoms with van der Waals surface area (Å²) >= 11 is 0. The second-order valence-corrected chi connectivity index (χ2v) is 6.33. The Kier molecular flexibility index (Phi) is 4.34. The standard InChI is InChI=1S/C16H27NO2/c1-5-10-16-11-9-15(19-4)17(16)14(18)8-6-7-13(16)12(2)3/h5,12-13,15H,1,6-11H2,2-4H3/t13-,15?,16+/m1/s1. The van der Waals surface area contributed by atoms with Crippen LogP contribution in [-0.2, 0) is 9.53 Å². The number of rotatable bonds is 4. The van der Waals surface area contributed by atoms with Crippen LogP contribution < -0.4 is 0 Å². The summed E-state index contributed by atoms with van der Waals surface area (Å²) in [6.07, 6.45) is 7.66. The highest BCUT2D eigenvalue weighted by atomic mass is 16.5. The Morgan fingerprint density at radius 2 is 2.26 bits per heavy atom. The number of carbonyl (C=O) groups excluding carboxylic acids is 1. The number of amides is 1. The SMILES string of the molecule is C=CC[C@@]12CCC(OC)N1C(=O)CCC[C@@H]2C(C)C. The summed E-state index contributed by atoms with van der Waals surface area (Å²) in [4.78, 5) is 14.6. The molecule has 2 rings (SSSR count). The van der Waals surface area contributed by atoms with Crippen molar-refractivity contribution in [2.45, 2.75) is 64.1 Å². The highest BCUT2D eigenvalue weighted by molar-refractivity contribution is 5.78. The molecular weight excluding hydrogens is 238 g/mol. The molecule has 0 aromatic carbocycles. The van der Waals surface area contributed by atoms with E-state index in [4.69, 9.17) is 4.74 Å². The fourth-order valence-electron chi connectivity index (χ4n) is 4.32. The van der Waals surface area contributed by atoms with E-state index in [2.05, 4.69) is 25.3 Å². The van der Waals surface area contributed by atoms with Gasteiger partial charge in [0.15, 0.2) is 0 Å². The highest BCUT2D eigenvalue weighted by Crippen LogP contribution is 2.49. The number of hydrogen-bond donors (Lipinski definition) is 0. The maximum Gasteiger partial charge on any atom is 0.225 e. The Bertz CT molecular complexity index is 353. The van der Waals surface area contributed by atoms with Gasteiger partial charge in [0, 0.05) is 13.5 Å². The molecule has 2 aliphatic rings. The first-order chi connectivity index (χ1) is 9.06. The molecule has 0 aliphatic carbocycles. The molecule has 108 valence electrons. The molecule has 1 amide bonds. The summed E-state index contributed by atoms with van der Waals surface area (Å²) < 4.78 is 5.58. The summed E-state index contributed by atoms with van der Waals surface area (Å²) in [5, 5.41) is 0. The van der Waals surface area contributed by atoms with Crippen LogP contribution in [0.25, 0.3) is 0 Å². The summed E-state index contributed by atoms with van der Waals surface area (Å²) in [6, 6.07) is 0. The second kappa shape index (κ2) is 5.66. The molecule has 2 fully saturated rings. The van der Waals surface area contributed by atoms with Crippen molar-refractivity contribution in [3.63, 3.8) is 0 Å². The number of fused-ring (bicyclic) bond motifs is 1. The Balaban J connectivity index is 2.43. The van der Waals surface area contributed by atoms with Crippen molar-refractivity contribution in [3.8, 4) is 0 Å². The van der Waals surface area contributed by atoms with Crippen LogP contribution in [0.5, 0.6) is 0 Å². The molecule has 2 heterocycles. The smallest absolute Gasteiger partial charge is 0.225 e. The summed E-state index contributed by atoms with van der Waals surface area (Å²) in [5.41, 5.74) is -0.0514. The van der Waals surface area contributed by atoms with Crippen molar-refractivity contribution >= 4 is 5.91 Å². The van der Waals surface area contributed by atoms with Gasteiger partial charge in [0.1, 0.15) is 6.23 Å². The van der Waals surface area contributed by atoms with Crippen LogP contribution in [0.4, 0.5) is 0 Å². The summed E-state index contributed by atoms with van der Waals surface area (Å²) in [7, 11) is 1.72. The molecule has 0 radical (unpaired) electrons. The predicted molar refractivity (Wildman–Crippen MR) is 76.6 cm³/mol. The van der Waals surface area contributed by atoms with Gasteiger partial charge in [0.2, 0.25) is 5.91 Å². The maximum absolute atomic E-state index is 12.5. The fourth-order valence-corrected chi connectivity index (χ4v) is 4.32. The van der Waals surface area contributed by atoms with Gasteiger partial charge in [0.05, 0.1) is 5.54 Å². The third-order valence-electron chi connectivity index (χ3n) is 5.03. The minimum absolute atomic E-state index is 0.0354. The first kappa shape index (κ1) is 14.6. The monoisotopic (exact) mass is 265 g/mol. The minimum atomic E-state index is -0.0514. The Morgan fingerprint density at radius 1 is 1.53 bits per heavy atom. The zero-order valence-corrected chi connectivity index (χ0v) is 12.5. The molecule has 0 N–H and O–H groups in total. The quantitative estimate of drug-likeness (QED) is 0.730. The van der Waals surface area contributed by atoms with Gasteiger partial charge >= 0.3 is 0 Å². The van der Waals surface area contributed by atoms with E-state index in [1.54, 1.807) is 7.11 Å². The van der Waals surface area contributed by atoms with Crippen LogP contribution in [-0.4, -0.2) is 29.7 Å². The fraction of sp³-hybridized carbons (Fsp3) is 0.812. The molecule has 3 heteroatoms. The number of ether oxygens (including phenoxy) is 1. The third-order valence-corrected chi connectivity index (χ3v) is 5.03. The Morgan fingerprint density at radius 3 is 2.84 bits per heavy atom. The number of carbonyl (C=O) groups is 1. The van der Waals surface area contributed by atoms with E-state index in [0.717, 1.165) is 32.1 Å². The van der Waals surface area contributed by atoms with E-state index in [0.29, 0.717) is 18.3 Å². The van der Waals surface area contributed by atoms with Gasteiger partial charge in [-0.3, -0.25) is 4.79 Å². The van der Waals surface area contributed by atoms with E-state index in [1.165, 1.54) is 0 Å². The average Bonchev–Trinajstić information content (AvgIpc) is 2.67. The zero-order chi connectivity index (χ0) is 14.0. The van der Waals surface area contributed by atoms with Gasteiger partial charge < -0.3 is 9.64 Å². The Labute approximate surface area is 117 Å². The molecule has 2 aliphatic heterocycles. The van der Waals surface area contributed by atoms with E-state index in [9.17, 15) is 4.79 Å². The van der Waals surface area contributed by atoms with E-state index < -0.39 is 0 Å². The van der Waals surface area contributed by atoms with Crippen molar-refractivity contribution in [1.82, 2.24) is 4.90 Å². The predicted octanol–water partition coefficient (Wildman–Crippen LogP) is 3.35. The molecule has 0 bridgehead atoms. The second-order valence-electron chi connectivity index (χ2n) is 6.33. The van der Waals surface area contributed by atoms with Crippen LogP contribution in [0.15, 0.2) is 12.7 Å². The number of nitrogens with zero attached hydrogens (tertiary/aromatic N) is 1. The van der Waals surface area contributed by atoms with Crippen molar-refractivity contribution < 1.29 is 9.53 Å². The van der Waals surface area contributed by atoms with Gasteiger partial charge in [-0.15, -0.1) is 6.58 Å². The number of methoxy groups -OCH3 is 1. The van der Waals surface area contributed by atoms with E-state index in [1.807, 2.05) is 6.08 Å². The van der Waals surface area contributed by atoms with Crippen LogP contribution in [0.2, 0.25) is 0 Å². The van der Waals surface area contributed by atoms with E-state index in [-0.39, 0.29) is 17.7 Å². The van der Waals surface area contributed by atoms with Gasteiger partial charge in [-0.1, -0.05) is 19.9 Å². The van der Waals surface area contributed by atoms with Crippen molar-refractivity contribution in [3.05, 3.63) is 12.7 Å². The van der Waals surface area contributed by atoms with Gasteiger partial charge in [-0.25, -0.2) is 0 Å². The first-order valence-corrected chi connectivity index (χ1v) is 7.52. The lowest BCUT2D eigenvalue weighted by Crippen LogP contribution is -2.55. The average molecular weight is 265 g/mol. The molecule has 0 spiro atoms. The van der Waals surface area contributed by atoms with Crippen molar-refractivity contribution in [2.24, 2.45) is 11.8 Å². The molecule has 0 aromatic heterocycles. The topological polar surface area (TPSA) is 29.5 Å². The highest BCUT2D eigenvalue weighted by Gasteiger charge is 2.54. The Hall–Kier alpha value is -0.830. The molecule has 2 saturated heterocycles. The molecule has 1 unspecified atom stereocenters. The normalized spacial score (nSPS) is 35.4. The summed E-state index contributed by atoms with van der Waals surface area (Å²) in [6.45, 7) is 8.49. The summed E-state index contributed by atoms with van der Waals surface area (Å²) in [5.74, 6) is 1.41. The lowest BCUT2D eigenvalue weighted by atomic mass is 9.71. The molecular formula is C16H27NO2. The lowest BCUT2D eigenvalue weighted by Gasteiger charge is -2.46. The van der Waals surface area contributed by atoms with Gasteiger partial charge in [-0.2, -0.15) is 0 Å². The zero-order valence-electron chi connectivity index (χ0n) is 12.5. The first-order valence-electron chi connectivity index (χ1n) is 7.52. The third kappa shape index (κ3) is 2.33. The molecule has 19 heavy (non-hydrogen) atoms. The van der Waals surface area contributed by atoms with Gasteiger partial charge in [-0.05, 0) is 43.9 Å². The van der Waals surface area contributed by atoms with Crippen molar-refractivity contribution in [1.29, 1.82) is 0 Å². The molecule has 0 saturated carbocycles. The van der Waals surface area contributed by atoms with Crippen LogP contribution >= 0.6 is 0 Å². The minimum Gasteiger partial charge on any atom is -0.362 e. The van der Waals surface area contributed by atoms with Crippen LogP contribution in [0, 0.1) is 11.8 Å². The van der Waals surface area contributed by atoms with Crippen LogP contribution in [0.1, 0.15) is 52.4 Å². The largest absolute Gasteiger partial charge is 0.362 e. The van der Waals surface area contributed by atoms with E-state index >= 15 is 0 Å². The molecule has 3 atom stereocenters. The maximum atomic E-state index is 12.5. The van der Waals surface area contributed by atoms with Crippen LogP contribution in [0.3, 0.4) is 0 Å². The molecule has 0 aromatic rings. The lowest BCUT2D eigenvalue weighted by molar-refractivity contribution is -0.150. The number of hydrogen-bond acceptors (Lipinski definition) is 2.